The summed E-state index contributed by atoms with van der Waals surface area (Å²) in [6, 6.07) is 10.5. The summed E-state index contributed by atoms with van der Waals surface area (Å²) in [6.45, 7) is 0. The van der Waals surface area contributed by atoms with E-state index in [1.165, 1.54) is 6.07 Å². The van der Waals surface area contributed by atoms with Crippen LogP contribution in [-0.2, 0) is 0 Å². The third-order valence-corrected chi connectivity index (χ3v) is 5.14. The van der Waals surface area contributed by atoms with Crippen LogP contribution in [0.25, 0.3) is 0 Å². The molecule has 0 spiro atoms. The minimum atomic E-state index is -0.518. The molecule has 1 heterocycles. The average Bonchev–Trinajstić information content (AvgIpc) is 2.97. The minimum absolute atomic E-state index is 0.0283. The van der Waals surface area contributed by atoms with E-state index in [0.29, 0.717) is 5.69 Å². The molecule has 0 aromatic heterocycles. The number of hydrogen-bond donors (Lipinski definition) is 1. The lowest BCUT2D eigenvalue weighted by Gasteiger charge is -2.37. The molecule has 4 rings (SSSR count). The topological polar surface area (TPSA) is 12.0 Å². The first-order valence-electron chi connectivity index (χ1n) is 7.31. The van der Waals surface area contributed by atoms with Gasteiger partial charge in [0.1, 0.15) is 11.6 Å². The smallest absolute Gasteiger partial charge is 0.149 e. The maximum Gasteiger partial charge on any atom is 0.149 e. The second-order valence-corrected chi connectivity index (χ2v) is 6.79. The Balaban J connectivity index is 1.82. The van der Waals surface area contributed by atoms with Crippen LogP contribution in [-0.4, -0.2) is 0 Å². The highest BCUT2D eigenvalue weighted by molar-refractivity contribution is 9.10. The van der Waals surface area contributed by atoms with Gasteiger partial charge in [-0.1, -0.05) is 40.2 Å². The first-order chi connectivity index (χ1) is 10.6. The second-order valence-electron chi connectivity index (χ2n) is 5.88. The number of nitrogens with one attached hydrogen (secondary N) is 1. The molecule has 0 saturated heterocycles. The van der Waals surface area contributed by atoms with Crippen LogP contribution in [0.1, 0.15) is 29.5 Å². The number of benzene rings is 2. The van der Waals surface area contributed by atoms with E-state index in [1.807, 2.05) is 24.3 Å². The zero-order chi connectivity index (χ0) is 15.3. The van der Waals surface area contributed by atoms with Crippen LogP contribution >= 0.6 is 15.9 Å². The number of anilines is 1. The number of hydrogen-bond acceptors (Lipinski definition) is 1. The molecular weight excluding hydrogens is 348 g/mol. The summed E-state index contributed by atoms with van der Waals surface area (Å²) in [6.07, 6.45) is 5.10. The van der Waals surface area contributed by atoms with Gasteiger partial charge in [0.2, 0.25) is 0 Å². The number of fused-ring (bicyclic) bond motifs is 3. The summed E-state index contributed by atoms with van der Waals surface area (Å²) in [5.74, 6) is -0.681. The van der Waals surface area contributed by atoms with Gasteiger partial charge in [-0.05, 0) is 41.7 Å². The summed E-state index contributed by atoms with van der Waals surface area (Å²) in [7, 11) is 0. The Bertz CT molecular complexity index is 754. The van der Waals surface area contributed by atoms with Crippen LogP contribution in [0.2, 0.25) is 0 Å². The first kappa shape index (κ1) is 13.9. The van der Waals surface area contributed by atoms with Crippen LogP contribution < -0.4 is 5.32 Å². The lowest BCUT2D eigenvalue weighted by Crippen LogP contribution is -2.29. The normalized spacial score (nSPS) is 25.5. The van der Waals surface area contributed by atoms with Gasteiger partial charge in [0, 0.05) is 16.5 Å². The molecule has 112 valence electrons. The fourth-order valence-corrected chi connectivity index (χ4v) is 3.89. The highest BCUT2D eigenvalue weighted by Gasteiger charge is 2.39. The fraction of sp³-hybridized carbons (Fsp3) is 0.222. The van der Waals surface area contributed by atoms with Crippen LogP contribution in [0.3, 0.4) is 0 Å². The van der Waals surface area contributed by atoms with E-state index in [1.54, 1.807) is 0 Å². The van der Waals surface area contributed by atoms with Gasteiger partial charge >= 0.3 is 0 Å². The number of rotatable bonds is 1. The van der Waals surface area contributed by atoms with E-state index in [9.17, 15) is 8.78 Å². The summed E-state index contributed by atoms with van der Waals surface area (Å²) >= 11 is 3.44. The molecule has 1 nitrogen and oxygen atoms in total. The molecule has 1 aliphatic heterocycles. The van der Waals surface area contributed by atoms with E-state index >= 15 is 0 Å². The van der Waals surface area contributed by atoms with Crippen molar-refractivity contribution >= 4 is 21.6 Å². The van der Waals surface area contributed by atoms with Crippen molar-refractivity contribution in [1.82, 2.24) is 0 Å². The number of allylic oxidation sites excluding steroid dienone is 2. The SMILES string of the molecule is Fc1cc(F)c2c(c1)[C@@H]1C=CC[C@@H]1[C@H](c1ccc(Br)cc1)N2. The number of halogens is 3. The molecule has 0 saturated carbocycles. The van der Waals surface area contributed by atoms with E-state index in [4.69, 9.17) is 0 Å². The van der Waals surface area contributed by atoms with Crippen molar-refractivity contribution in [3.63, 3.8) is 0 Å². The molecule has 2 aromatic rings. The van der Waals surface area contributed by atoms with Gasteiger partial charge in [0.05, 0.1) is 11.7 Å². The summed E-state index contributed by atoms with van der Waals surface area (Å²) < 4.78 is 28.8. The van der Waals surface area contributed by atoms with Crippen molar-refractivity contribution in [2.24, 2.45) is 5.92 Å². The molecule has 0 amide bonds. The van der Waals surface area contributed by atoms with Gasteiger partial charge in [0.25, 0.3) is 0 Å². The van der Waals surface area contributed by atoms with Gasteiger partial charge in [0.15, 0.2) is 0 Å². The van der Waals surface area contributed by atoms with Crippen LogP contribution in [0.5, 0.6) is 0 Å². The third-order valence-electron chi connectivity index (χ3n) is 4.61. The molecule has 22 heavy (non-hydrogen) atoms. The predicted octanol–water partition coefficient (Wildman–Crippen LogP) is 5.55. The van der Waals surface area contributed by atoms with Crippen molar-refractivity contribution in [2.75, 3.05) is 5.32 Å². The van der Waals surface area contributed by atoms with Gasteiger partial charge in [-0.25, -0.2) is 8.78 Å². The minimum Gasteiger partial charge on any atom is -0.375 e. The Morgan fingerprint density at radius 1 is 1.09 bits per heavy atom. The highest BCUT2D eigenvalue weighted by atomic mass is 79.9. The standard InChI is InChI=1S/C18H14BrF2N/c19-11-6-4-10(5-7-11)17-14-3-1-2-13(14)15-8-12(20)9-16(21)18(15)22-17/h1-2,4-9,13-14,17,22H,3H2/t13-,14+,17+/m1/s1. The zero-order valence-electron chi connectivity index (χ0n) is 11.7. The van der Waals surface area contributed by atoms with Crippen molar-refractivity contribution in [2.45, 2.75) is 18.4 Å². The molecule has 0 bridgehead atoms. The molecular formula is C18H14BrF2N. The quantitative estimate of drug-likeness (QED) is 0.656. The van der Waals surface area contributed by atoms with Gasteiger partial charge in [-0.15, -0.1) is 0 Å². The Kier molecular flexibility index (Phi) is 3.30. The lowest BCUT2D eigenvalue weighted by atomic mass is 9.77. The van der Waals surface area contributed by atoms with E-state index in [2.05, 4.69) is 33.4 Å². The summed E-state index contributed by atoms with van der Waals surface area (Å²) in [5, 5.41) is 3.30. The molecule has 3 atom stereocenters. The van der Waals surface area contributed by atoms with Crippen molar-refractivity contribution in [3.05, 3.63) is 75.8 Å². The van der Waals surface area contributed by atoms with E-state index in [-0.39, 0.29) is 17.9 Å². The highest BCUT2D eigenvalue weighted by Crippen LogP contribution is 2.50. The molecule has 0 fully saturated rings. The maximum absolute atomic E-state index is 14.2. The molecule has 0 radical (unpaired) electrons. The van der Waals surface area contributed by atoms with Gasteiger partial charge < -0.3 is 5.32 Å². The molecule has 2 aromatic carbocycles. The van der Waals surface area contributed by atoms with Gasteiger partial charge in [-0.3, -0.25) is 0 Å². The maximum atomic E-state index is 14.2. The average molecular weight is 362 g/mol. The summed E-state index contributed by atoms with van der Waals surface area (Å²) in [4.78, 5) is 0. The Morgan fingerprint density at radius 2 is 1.86 bits per heavy atom. The van der Waals surface area contributed by atoms with Crippen molar-refractivity contribution in [1.29, 1.82) is 0 Å². The fourth-order valence-electron chi connectivity index (χ4n) is 3.62. The molecule has 0 unspecified atom stereocenters. The van der Waals surface area contributed by atoms with Crippen LogP contribution in [0.15, 0.2) is 53.0 Å². The van der Waals surface area contributed by atoms with Crippen molar-refractivity contribution < 1.29 is 8.78 Å². The Hall–Kier alpha value is -1.68. The molecule has 1 aliphatic carbocycles. The van der Waals surface area contributed by atoms with E-state index in [0.717, 1.165) is 28.1 Å². The monoisotopic (exact) mass is 361 g/mol. The Morgan fingerprint density at radius 3 is 2.64 bits per heavy atom. The molecule has 2 aliphatic rings. The molecule has 4 heteroatoms. The first-order valence-corrected chi connectivity index (χ1v) is 8.10. The Labute approximate surface area is 136 Å². The molecule has 1 N–H and O–H groups in total. The van der Waals surface area contributed by atoms with Crippen LogP contribution in [0, 0.1) is 17.6 Å². The lowest BCUT2D eigenvalue weighted by molar-refractivity contribution is 0.418. The van der Waals surface area contributed by atoms with Gasteiger partial charge in [-0.2, -0.15) is 0 Å². The third kappa shape index (κ3) is 2.17. The van der Waals surface area contributed by atoms with E-state index < -0.39 is 11.6 Å². The zero-order valence-corrected chi connectivity index (χ0v) is 13.3. The second kappa shape index (κ2) is 5.20. The van der Waals surface area contributed by atoms with Crippen LogP contribution in [0.4, 0.5) is 14.5 Å². The largest absolute Gasteiger partial charge is 0.375 e. The predicted molar refractivity (Wildman–Crippen MR) is 86.9 cm³/mol. The summed E-state index contributed by atoms with van der Waals surface area (Å²) in [5.41, 5.74) is 2.28. The van der Waals surface area contributed by atoms with Crippen molar-refractivity contribution in [3.8, 4) is 0 Å².